The minimum Gasteiger partial charge on any atom is -0.314 e. The largest absolute Gasteiger partial charge is 0.314 e. The van der Waals surface area contributed by atoms with Crippen molar-refractivity contribution in [1.82, 2.24) is 5.32 Å². The fraction of sp³-hybridized carbons (Fsp3) is 1.00. The molecule has 0 bridgehead atoms. The third kappa shape index (κ3) is 1.89. The highest BCUT2D eigenvalue weighted by molar-refractivity contribution is 4.58. The molecule has 0 atom stereocenters. The molecule has 0 saturated carbocycles. The Kier molecular flexibility index (Phi) is 1.20. The molecule has 1 nitrogen and oxygen atoms in total. The molecule has 1 aliphatic heterocycles. The van der Waals surface area contributed by atoms with Gasteiger partial charge in [-0.25, -0.2) is 0 Å². The molecule has 2 heteroatoms. The minimum atomic E-state index is 0. The van der Waals surface area contributed by atoms with E-state index in [9.17, 15) is 0 Å². The first-order chi connectivity index (χ1) is 1.50. The molecule has 1 heterocycles. The molecule has 1 saturated heterocycles. The van der Waals surface area contributed by atoms with Crippen LogP contribution in [-0.4, -0.2) is 13.1 Å². The first kappa shape index (κ1) is 3.89. The molecule has 0 amide bonds. The molecular formula is C2H6FN. The topological polar surface area (TPSA) is 21.9 Å². The second kappa shape index (κ2) is 1.24. The summed E-state index contributed by atoms with van der Waals surface area (Å²) < 4.78 is 0. The van der Waals surface area contributed by atoms with E-state index in [1.165, 1.54) is 13.1 Å². The summed E-state index contributed by atoms with van der Waals surface area (Å²) in [5.41, 5.74) is 0. The van der Waals surface area contributed by atoms with E-state index in [0.29, 0.717) is 0 Å². The molecule has 0 spiro atoms. The average molecular weight is 63.1 g/mol. The van der Waals surface area contributed by atoms with Gasteiger partial charge in [0.15, 0.2) is 0 Å². The van der Waals surface area contributed by atoms with Gasteiger partial charge in [-0.05, 0) is 0 Å². The maximum absolute atomic E-state index is 3.00. The van der Waals surface area contributed by atoms with E-state index in [1.807, 2.05) is 0 Å². The lowest BCUT2D eigenvalue weighted by molar-refractivity contribution is 1.11. The molecule has 0 unspecified atom stereocenters. The Morgan fingerprint density at radius 1 is 1.25 bits per heavy atom. The molecular weight excluding hydrogens is 57.0 g/mol. The monoisotopic (exact) mass is 63.0 g/mol. The molecule has 0 radical (unpaired) electrons. The van der Waals surface area contributed by atoms with Crippen molar-refractivity contribution in [3.63, 3.8) is 0 Å². The molecule has 0 aliphatic carbocycles. The molecule has 1 aliphatic rings. The van der Waals surface area contributed by atoms with Gasteiger partial charge in [-0.3, -0.25) is 4.70 Å². The quantitative estimate of drug-likeness (QED) is 0.384. The highest BCUT2D eigenvalue weighted by atomic mass is 19.0. The van der Waals surface area contributed by atoms with Crippen LogP contribution in [0.2, 0.25) is 0 Å². The summed E-state index contributed by atoms with van der Waals surface area (Å²) in [5, 5.41) is 3.00. The van der Waals surface area contributed by atoms with Gasteiger partial charge < -0.3 is 5.32 Å². The van der Waals surface area contributed by atoms with Crippen LogP contribution in [0, 0.1) is 0 Å². The first-order valence-corrected chi connectivity index (χ1v) is 1.21. The van der Waals surface area contributed by atoms with E-state index >= 15 is 0 Å². The predicted octanol–water partition coefficient (Wildman–Crippen LogP) is -0.258. The lowest BCUT2D eigenvalue weighted by Gasteiger charge is -1.21. The van der Waals surface area contributed by atoms with E-state index in [0.717, 1.165) is 0 Å². The summed E-state index contributed by atoms with van der Waals surface area (Å²) in [5.74, 6) is 0. The van der Waals surface area contributed by atoms with Crippen molar-refractivity contribution in [1.29, 1.82) is 0 Å². The van der Waals surface area contributed by atoms with Crippen LogP contribution < -0.4 is 5.32 Å². The third-order valence-electron chi connectivity index (χ3n) is 0.250. The van der Waals surface area contributed by atoms with Crippen molar-refractivity contribution < 1.29 is 4.70 Å². The highest BCUT2D eigenvalue weighted by Gasteiger charge is 1.91. The zero-order valence-electron chi connectivity index (χ0n) is 2.32. The lowest BCUT2D eigenvalue weighted by Crippen LogP contribution is -1.56. The normalized spacial score (nSPS) is 18.0. The van der Waals surface area contributed by atoms with Crippen molar-refractivity contribution in [3.8, 4) is 0 Å². The van der Waals surface area contributed by atoms with Crippen LogP contribution in [0.15, 0.2) is 0 Å². The first-order valence-electron chi connectivity index (χ1n) is 1.21. The molecule has 26 valence electrons. The van der Waals surface area contributed by atoms with Gasteiger partial charge in [0, 0.05) is 13.1 Å². The number of halogens is 1. The number of nitrogens with one attached hydrogen (secondary N) is 1. The maximum atomic E-state index is 3.00. The maximum Gasteiger partial charge on any atom is 0.00772 e. The van der Waals surface area contributed by atoms with Crippen LogP contribution >= 0.6 is 0 Å². The van der Waals surface area contributed by atoms with Crippen molar-refractivity contribution in [2.45, 2.75) is 0 Å². The molecule has 0 aromatic carbocycles. The standard InChI is InChI=1S/C2H5N.FH/c1-2-3-1;/h3H,1-2H2;1H. The summed E-state index contributed by atoms with van der Waals surface area (Å²) in [6.07, 6.45) is 0. The molecule has 1 N–H and O–H groups in total. The van der Waals surface area contributed by atoms with E-state index in [1.54, 1.807) is 0 Å². The smallest absolute Gasteiger partial charge is 0.00772 e. The Balaban J connectivity index is 0.0000000900. The van der Waals surface area contributed by atoms with Crippen LogP contribution in [0.5, 0.6) is 0 Å². The summed E-state index contributed by atoms with van der Waals surface area (Å²) >= 11 is 0. The fourth-order valence-electron chi connectivity index (χ4n) is 0. The second-order valence-corrected chi connectivity index (χ2v) is 0.750. The molecule has 1 rings (SSSR count). The predicted molar refractivity (Wildman–Crippen MR) is 15.4 cm³/mol. The van der Waals surface area contributed by atoms with Gasteiger partial charge in [0.25, 0.3) is 0 Å². The fourth-order valence-corrected chi connectivity index (χ4v) is 0. The van der Waals surface area contributed by atoms with E-state index in [2.05, 4.69) is 5.32 Å². The van der Waals surface area contributed by atoms with Gasteiger partial charge in [-0.1, -0.05) is 0 Å². The Morgan fingerprint density at radius 3 is 1.50 bits per heavy atom. The minimum absolute atomic E-state index is 0. The summed E-state index contributed by atoms with van der Waals surface area (Å²) in [7, 11) is 0. The van der Waals surface area contributed by atoms with Gasteiger partial charge in [-0.2, -0.15) is 0 Å². The van der Waals surface area contributed by atoms with Crippen molar-refractivity contribution in [2.75, 3.05) is 13.1 Å². The summed E-state index contributed by atoms with van der Waals surface area (Å²) in [6, 6.07) is 0. The van der Waals surface area contributed by atoms with Gasteiger partial charge >= 0.3 is 0 Å². The van der Waals surface area contributed by atoms with Gasteiger partial charge in [0.2, 0.25) is 0 Å². The van der Waals surface area contributed by atoms with Crippen LogP contribution in [0.4, 0.5) is 4.70 Å². The molecule has 1 fully saturated rings. The van der Waals surface area contributed by atoms with Crippen molar-refractivity contribution >= 4 is 0 Å². The number of hydrogen-bond donors (Lipinski definition) is 1. The van der Waals surface area contributed by atoms with Gasteiger partial charge in [0.1, 0.15) is 0 Å². The van der Waals surface area contributed by atoms with Crippen LogP contribution in [-0.2, 0) is 0 Å². The van der Waals surface area contributed by atoms with Crippen molar-refractivity contribution in [2.24, 2.45) is 0 Å². The Morgan fingerprint density at radius 2 is 1.50 bits per heavy atom. The average Bonchev–Trinajstić information content (AvgIpc) is 1.46. The Hall–Kier alpha value is -0.110. The second-order valence-electron chi connectivity index (χ2n) is 0.750. The van der Waals surface area contributed by atoms with Crippen molar-refractivity contribution in [3.05, 3.63) is 0 Å². The summed E-state index contributed by atoms with van der Waals surface area (Å²) in [6.45, 7) is 2.50. The molecule has 4 heavy (non-hydrogen) atoms. The SMILES string of the molecule is C1CN1.F. The van der Waals surface area contributed by atoms with Crippen LogP contribution in [0.25, 0.3) is 0 Å². The zero-order valence-corrected chi connectivity index (χ0v) is 2.32. The van der Waals surface area contributed by atoms with E-state index < -0.39 is 0 Å². The zero-order chi connectivity index (χ0) is 2.12. The molecule has 0 aromatic rings. The summed E-state index contributed by atoms with van der Waals surface area (Å²) in [4.78, 5) is 0. The van der Waals surface area contributed by atoms with Crippen LogP contribution in [0.3, 0.4) is 0 Å². The third-order valence-corrected chi connectivity index (χ3v) is 0.250. The highest BCUT2D eigenvalue weighted by Crippen LogP contribution is 1.65. The van der Waals surface area contributed by atoms with Gasteiger partial charge in [0.05, 0.1) is 0 Å². The van der Waals surface area contributed by atoms with Gasteiger partial charge in [-0.15, -0.1) is 0 Å². The van der Waals surface area contributed by atoms with Crippen LogP contribution in [0.1, 0.15) is 0 Å². The molecule has 0 aromatic heterocycles. The lowest BCUT2D eigenvalue weighted by atomic mass is 11.0. The number of rotatable bonds is 0. The Labute approximate surface area is 24.4 Å². The van der Waals surface area contributed by atoms with E-state index in [-0.39, 0.29) is 4.70 Å². The Bertz CT molecular complexity index is 10.8. The number of hydrogen-bond acceptors (Lipinski definition) is 1. The van der Waals surface area contributed by atoms with E-state index in [4.69, 9.17) is 0 Å².